The topological polar surface area (TPSA) is 89.8 Å². The quantitative estimate of drug-likeness (QED) is 0.275. The van der Waals surface area contributed by atoms with E-state index in [1.165, 1.54) is 44.9 Å². The lowest BCUT2D eigenvalue weighted by atomic mass is 9.93. The van der Waals surface area contributed by atoms with Gasteiger partial charge >= 0.3 is 5.97 Å². The highest BCUT2D eigenvalue weighted by Gasteiger charge is 2.32. The molecule has 0 fully saturated rings. The third-order valence-corrected chi connectivity index (χ3v) is 4.18. The molecule has 0 aliphatic rings. The van der Waals surface area contributed by atoms with E-state index in [0.717, 1.165) is 19.3 Å². The van der Waals surface area contributed by atoms with Gasteiger partial charge in [0, 0.05) is 6.54 Å². The first-order valence-corrected chi connectivity index (χ1v) is 8.77. The number of carbonyl (C=O) groups is 1. The Morgan fingerprint density at radius 3 is 1.82 bits per heavy atom. The zero-order chi connectivity index (χ0) is 16.8. The van der Waals surface area contributed by atoms with Gasteiger partial charge in [-0.1, -0.05) is 71.1 Å². The van der Waals surface area contributed by atoms with E-state index in [-0.39, 0.29) is 6.54 Å². The maximum atomic E-state index is 11.3. The second kappa shape index (κ2) is 12.9. The number of unbranched alkanes of at least 4 members (excludes halogenated alkanes) is 9. The molecule has 0 aromatic heterocycles. The van der Waals surface area contributed by atoms with Crippen molar-refractivity contribution >= 4 is 5.97 Å². The largest absolute Gasteiger partial charge is 0.480 e. The van der Waals surface area contributed by atoms with Gasteiger partial charge in [0.15, 0.2) is 6.29 Å². The molecule has 132 valence electrons. The molecule has 0 heterocycles. The molecule has 0 rings (SSSR count). The molecule has 5 heteroatoms. The first-order chi connectivity index (χ1) is 10.4. The van der Waals surface area contributed by atoms with Gasteiger partial charge in [-0.3, -0.25) is 10.1 Å². The Morgan fingerprint density at radius 1 is 0.955 bits per heavy atom. The molecule has 0 amide bonds. The maximum Gasteiger partial charge on any atom is 0.323 e. The number of aliphatic hydroxyl groups excluding tert-OH is 1. The van der Waals surface area contributed by atoms with Crippen molar-refractivity contribution in [3.05, 3.63) is 0 Å². The molecule has 5 nitrogen and oxygen atoms in total. The van der Waals surface area contributed by atoms with Crippen LogP contribution >= 0.6 is 0 Å². The molecule has 0 aliphatic carbocycles. The number of aliphatic hydroxyl groups is 2. The number of rotatable bonds is 15. The van der Waals surface area contributed by atoms with Crippen LogP contribution in [-0.2, 0) is 4.79 Å². The summed E-state index contributed by atoms with van der Waals surface area (Å²) in [7, 11) is 0. The van der Waals surface area contributed by atoms with Crippen LogP contribution in [0.5, 0.6) is 0 Å². The third-order valence-electron chi connectivity index (χ3n) is 4.18. The van der Waals surface area contributed by atoms with Gasteiger partial charge in [0.2, 0.25) is 0 Å². The van der Waals surface area contributed by atoms with Crippen LogP contribution in [0.15, 0.2) is 0 Å². The summed E-state index contributed by atoms with van der Waals surface area (Å²) in [6, 6.07) is 0. The van der Waals surface area contributed by atoms with E-state index in [4.69, 9.17) is 10.2 Å². The lowest BCUT2D eigenvalue weighted by molar-refractivity contribution is -0.145. The van der Waals surface area contributed by atoms with Crippen LogP contribution in [-0.4, -0.2) is 39.7 Å². The van der Waals surface area contributed by atoms with Crippen LogP contribution < -0.4 is 5.32 Å². The standard InChI is InChI=1S/C17H35NO4/c1-3-4-5-6-7-8-9-10-11-12-13-17(2,16(21)22)18-14-15(19)20/h15,18-20H,3-14H2,1-2H3,(H,21,22). The first kappa shape index (κ1) is 21.4. The molecule has 4 N–H and O–H groups in total. The van der Waals surface area contributed by atoms with Gasteiger partial charge in [-0.15, -0.1) is 0 Å². The van der Waals surface area contributed by atoms with Crippen molar-refractivity contribution in [2.75, 3.05) is 6.54 Å². The van der Waals surface area contributed by atoms with Crippen molar-refractivity contribution in [3.8, 4) is 0 Å². The molecule has 0 aromatic carbocycles. The van der Waals surface area contributed by atoms with E-state index in [1.807, 2.05) is 0 Å². The number of nitrogens with one attached hydrogen (secondary N) is 1. The Hall–Kier alpha value is -0.650. The Morgan fingerprint density at radius 2 is 1.41 bits per heavy atom. The van der Waals surface area contributed by atoms with Gasteiger partial charge in [-0.2, -0.15) is 0 Å². The Kier molecular flexibility index (Phi) is 12.5. The average molecular weight is 317 g/mol. The minimum absolute atomic E-state index is 0.124. The van der Waals surface area contributed by atoms with Crippen molar-refractivity contribution in [2.45, 2.75) is 96.3 Å². The van der Waals surface area contributed by atoms with E-state index in [9.17, 15) is 9.90 Å². The number of carboxylic acids is 1. The Bertz CT molecular complexity index is 284. The highest BCUT2D eigenvalue weighted by atomic mass is 16.5. The maximum absolute atomic E-state index is 11.3. The van der Waals surface area contributed by atoms with E-state index in [2.05, 4.69) is 12.2 Å². The normalized spacial score (nSPS) is 14.2. The minimum atomic E-state index is -1.52. The minimum Gasteiger partial charge on any atom is -0.480 e. The molecule has 1 unspecified atom stereocenters. The summed E-state index contributed by atoms with van der Waals surface area (Å²) in [5.41, 5.74) is -1.08. The highest BCUT2D eigenvalue weighted by molar-refractivity contribution is 5.78. The molecule has 0 saturated carbocycles. The van der Waals surface area contributed by atoms with Crippen LogP contribution in [0.3, 0.4) is 0 Å². The molecule has 22 heavy (non-hydrogen) atoms. The zero-order valence-corrected chi connectivity index (χ0v) is 14.3. The van der Waals surface area contributed by atoms with Crippen molar-refractivity contribution in [3.63, 3.8) is 0 Å². The van der Waals surface area contributed by atoms with Crippen LogP contribution in [0.2, 0.25) is 0 Å². The molecule has 0 radical (unpaired) electrons. The fraction of sp³-hybridized carbons (Fsp3) is 0.941. The van der Waals surface area contributed by atoms with Crippen molar-refractivity contribution < 1.29 is 20.1 Å². The summed E-state index contributed by atoms with van der Waals surface area (Å²) in [4.78, 5) is 11.3. The molecule has 0 saturated heterocycles. The smallest absolute Gasteiger partial charge is 0.323 e. The van der Waals surface area contributed by atoms with Gasteiger partial charge in [0.25, 0.3) is 0 Å². The molecular weight excluding hydrogens is 282 g/mol. The van der Waals surface area contributed by atoms with Crippen molar-refractivity contribution in [1.29, 1.82) is 0 Å². The monoisotopic (exact) mass is 317 g/mol. The number of hydrogen-bond acceptors (Lipinski definition) is 4. The lowest BCUT2D eigenvalue weighted by Crippen LogP contribution is -2.51. The predicted molar refractivity (Wildman–Crippen MR) is 88.7 cm³/mol. The van der Waals surface area contributed by atoms with Gasteiger partial charge in [0.1, 0.15) is 5.54 Å². The van der Waals surface area contributed by atoms with Crippen molar-refractivity contribution in [2.24, 2.45) is 0 Å². The Balaban J connectivity index is 3.66. The predicted octanol–water partition coefficient (Wildman–Crippen LogP) is 3.04. The fourth-order valence-corrected chi connectivity index (χ4v) is 2.55. The third kappa shape index (κ3) is 11.0. The van der Waals surface area contributed by atoms with Gasteiger partial charge < -0.3 is 15.3 Å². The molecule has 0 spiro atoms. The summed E-state index contributed by atoms with van der Waals surface area (Å²) < 4.78 is 0. The van der Waals surface area contributed by atoms with E-state index in [1.54, 1.807) is 6.92 Å². The van der Waals surface area contributed by atoms with Crippen LogP contribution in [0.4, 0.5) is 0 Å². The summed E-state index contributed by atoms with van der Waals surface area (Å²) >= 11 is 0. The SMILES string of the molecule is CCCCCCCCCCCCC(C)(NCC(O)O)C(=O)O. The summed E-state index contributed by atoms with van der Waals surface area (Å²) in [6.45, 7) is 3.70. The number of β-amino-alcohol motifs (C(OH)–C–C–N with tert-alkyl or cyclic N) is 2. The average Bonchev–Trinajstić information content (AvgIpc) is 2.47. The lowest BCUT2D eigenvalue weighted by Gasteiger charge is -2.26. The molecule has 0 bridgehead atoms. The number of carboxylic acid groups (broad SMARTS) is 1. The van der Waals surface area contributed by atoms with Gasteiger partial charge in [-0.05, 0) is 13.3 Å². The van der Waals surface area contributed by atoms with Crippen LogP contribution in [0.1, 0.15) is 84.5 Å². The number of aliphatic carboxylic acids is 1. The van der Waals surface area contributed by atoms with Crippen LogP contribution in [0, 0.1) is 0 Å². The zero-order valence-electron chi connectivity index (χ0n) is 14.3. The molecule has 1 atom stereocenters. The Labute approximate surface area is 135 Å². The van der Waals surface area contributed by atoms with E-state index in [0.29, 0.717) is 6.42 Å². The first-order valence-electron chi connectivity index (χ1n) is 8.77. The van der Waals surface area contributed by atoms with Crippen molar-refractivity contribution in [1.82, 2.24) is 5.32 Å². The van der Waals surface area contributed by atoms with Gasteiger partial charge in [-0.25, -0.2) is 0 Å². The second-order valence-corrected chi connectivity index (χ2v) is 6.43. The summed E-state index contributed by atoms with van der Waals surface area (Å²) in [6.07, 6.45) is 11.1. The fourth-order valence-electron chi connectivity index (χ4n) is 2.55. The van der Waals surface area contributed by atoms with Crippen LogP contribution in [0.25, 0.3) is 0 Å². The molecule has 0 aromatic rings. The van der Waals surface area contributed by atoms with E-state index >= 15 is 0 Å². The molecule has 0 aliphatic heterocycles. The molecular formula is C17H35NO4. The number of hydrogen-bond donors (Lipinski definition) is 4. The highest BCUT2D eigenvalue weighted by Crippen LogP contribution is 2.17. The van der Waals surface area contributed by atoms with E-state index < -0.39 is 17.8 Å². The van der Waals surface area contributed by atoms with Gasteiger partial charge in [0.05, 0.1) is 0 Å². The second-order valence-electron chi connectivity index (χ2n) is 6.43. The summed E-state index contributed by atoms with van der Waals surface area (Å²) in [5, 5.41) is 29.7. The summed E-state index contributed by atoms with van der Waals surface area (Å²) in [5.74, 6) is -0.941.